The Balaban J connectivity index is 1.28. The minimum Gasteiger partial charge on any atom is -0.497 e. The van der Waals surface area contributed by atoms with Gasteiger partial charge in [0.1, 0.15) is 30.0 Å². The fourth-order valence-corrected chi connectivity index (χ4v) is 4.05. The van der Waals surface area contributed by atoms with Gasteiger partial charge < -0.3 is 14.5 Å². The third-order valence-corrected chi connectivity index (χ3v) is 5.98. The van der Waals surface area contributed by atoms with Crippen LogP contribution in [0.15, 0.2) is 65.7 Å². The molecule has 174 valence electrons. The average Bonchev–Trinajstić information content (AvgIpc) is 3.32. The van der Waals surface area contributed by atoms with Gasteiger partial charge in [0.15, 0.2) is 0 Å². The zero-order valence-corrected chi connectivity index (χ0v) is 18.6. The molecule has 2 aromatic heterocycles. The summed E-state index contributed by atoms with van der Waals surface area (Å²) in [5, 5.41) is 8.57. The summed E-state index contributed by atoms with van der Waals surface area (Å²) in [7, 11) is 1.60. The number of aromatic nitrogens is 4. The summed E-state index contributed by atoms with van der Waals surface area (Å²) in [5.41, 5.74) is 2.35. The number of amides is 1. The third-order valence-electron chi connectivity index (χ3n) is 5.98. The molecular formula is C24H23FN6O3. The van der Waals surface area contributed by atoms with Crippen LogP contribution in [0.25, 0.3) is 16.8 Å². The zero-order chi connectivity index (χ0) is 23.7. The molecule has 3 heterocycles. The summed E-state index contributed by atoms with van der Waals surface area (Å²) in [6.45, 7) is 2.15. The van der Waals surface area contributed by atoms with Crippen LogP contribution in [0.1, 0.15) is 0 Å². The molecule has 0 unspecified atom stereocenters. The average molecular weight is 462 g/mol. The number of fused-ring (bicyclic) bond motifs is 1. The first-order valence-electron chi connectivity index (χ1n) is 10.9. The molecule has 0 radical (unpaired) electrons. The van der Waals surface area contributed by atoms with E-state index >= 15 is 0 Å². The lowest BCUT2D eigenvalue weighted by atomic mass is 10.1. The van der Waals surface area contributed by atoms with Crippen LogP contribution < -0.4 is 15.2 Å². The lowest BCUT2D eigenvalue weighted by Gasteiger charge is -2.36. The predicted molar refractivity (Wildman–Crippen MR) is 124 cm³/mol. The number of methoxy groups -OCH3 is 1. The Morgan fingerprint density at radius 2 is 1.74 bits per heavy atom. The number of piperazine rings is 1. The van der Waals surface area contributed by atoms with Crippen molar-refractivity contribution < 1.29 is 13.9 Å². The Bertz CT molecular complexity index is 1370. The van der Waals surface area contributed by atoms with E-state index in [0.717, 1.165) is 17.0 Å². The number of nitrogens with zero attached hydrogens (tertiary/aromatic N) is 6. The van der Waals surface area contributed by atoms with Gasteiger partial charge in [-0.2, -0.15) is 10.2 Å². The number of hydrogen-bond donors (Lipinski definition) is 0. The number of halogens is 1. The van der Waals surface area contributed by atoms with Gasteiger partial charge in [-0.15, -0.1) is 0 Å². The molecule has 1 saturated heterocycles. The van der Waals surface area contributed by atoms with Crippen LogP contribution in [0.3, 0.4) is 0 Å². The Morgan fingerprint density at radius 1 is 1.03 bits per heavy atom. The first-order chi connectivity index (χ1) is 16.5. The maximum atomic E-state index is 13.2. The minimum atomic E-state index is -0.381. The second-order valence-corrected chi connectivity index (χ2v) is 8.03. The first kappa shape index (κ1) is 21.6. The molecule has 0 atom stereocenters. The quantitative estimate of drug-likeness (QED) is 0.451. The highest BCUT2D eigenvalue weighted by molar-refractivity contribution is 5.76. The van der Waals surface area contributed by atoms with Gasteiger partial charge in [0.05, 0.1) is 12.8 Å². The fraction of sp³-hybridized carbons (Fsp3) is 0.250. The van der Waals surface area contributed by atoms with Crippen molar-refractivity contribution in [1.29, 1.82) is 0 Å². The molecule has 1 amide bonds. The molecule has 4 aromatic rings. The van der Waals surface area contributed by atoms with Gasteiger partial charge in [-0.3, -0.25) is 9.59 Å². The van der Waals surface area contributed by atoms with E-state index in [9.17, 15) is 14.0 Å². The second kappa shape index (κ2) is 8.97. The van der Waals surface area contributed by atoms with Crippen molar-refractivity contribution in [3.8, 4) is 17.0 Å². The first-order valence-corrected chi connectivity index (χ1v) is 10.9. The van der Waals surface area contributed by atoms with Crippen molar-refractivity contribution in [3.63, 3.8) is 0 Å². The van der Waals surface area contributed by atoms with E-state index in [1.54, 1.807) is 30.2 Å². The normalized spacial score (nSPS) is 13.9. The van der Waals surface area contributed by atoms with E-state index in [2.05, 4.69) is 15.1 Å². The SMILES string of the molecule is COc1ccc(-c2cc3c(=O)n(CC(=O)N4CCN(c5ccc(F)cc5)CC4)ncn3n2)cc1. The highest BCUT2D eigenvalue weighted by Crippen LogP contribution is 2.21. The van der Waals surface area contributed by atoms with Crippen molar-refractivity contribution in [2.75, 3.05) is 38.2 Å². The van der Waals surface area contributed by atoms with E-state index in [4.69, 9.17) is 4.74 Å². The number of benzene rings is 2. The van der Waals surface area contributed by atoms with E-state index in [-0.39, 0.29) is 23.8 Å². The summed E-state index contributed by atoms with van der Waals surface area (Å²) in [4.78, 5) is 29.6. The van der Waals surface area contributed by atoms with Crippen LogP contribution in [-0.2, 0) is 11.3 Å². The van der Waals surface area contributed by atoms with Crippen molar-refractivity contribution in [2.24, 2.45) is 0 Å². The number of carbonyl (C=O) groups excluding carboxylic acids is 1. The number of carbonyl (C=O) groups is 1. The zero-order valence-electron chi connectivity index (χ0n) is 18.6. The van der Waals surface area contributed by atoms with E-state index in [0.29, 0.717) is 37.4 Å². The minimum absolute atomic E-state index is 0.144. The second-order valence-electron chi connectivity index (χ2n) is 8.03. The summed E-state index contributed by atoms with van der Waals surface area (Å²) in [6.07, 6.45) is 1.43. The molecule has 5 rings (SSSR count). The topological polar surface area (TPSA) is 85.0 Å². The Labute approximate surface area is 194 Å². The van der Waals surface area contributed by atoms with Crippen LogP contribution >= 0.6 is 0 Å². The molecule has 1 aliphatic heterocycles. The van der Waals surface area contributed by atoms with Gasteiger partial charge in [-0.05, 0) is 54.6 Å². The highest BCUT2D eigenvalue weighted by atomic mass is 19.1. The van der Waals surface area contributed by atoms with E-state index < -0.39 is 0 Å². The summed E-state index contributed by atoms with van der Waals surface area (Å²) < 4.78 is 20.9. The van der Waals surface area contributed by atoms with Crippen molar-refractivity contribution in [3.05, 3.63) is 77.1 Å². The number of hydrogen-bond acceptors (Lipinski definition) is 6. The van der Waals surface area contributed by atoms with Gasteiger partial charge >= 0.3 is 0 Å². The largest absolute Gasteiger partial charge is 0.497 e. The number of ether oxygens (including phenoxy) is 1. The van der Waals surface area contributed by atoms with Crippen LogP contribution in [-0.4, -0.2) is 63.5 Å². The lowest BCUT2D eigenvalue weighted by molar-refractivity contribution is -0.132. The molecule has 0 spiro atoms. The molecular weight excluding hydrogens is 439 g/mol. The number of anilines is 1. The maximum Gasteiger partial charge on any atom is 0.293 e. The molecule has 1 aliphatic rings. The Hall–Kier alpha value is -4.21. The molecule has 0 bridgehead atoms. The fourth-order valence-electron chi connectivity index (χ4n) is 4.05. The molecule has 0 saturated carbocycles. The molecule has 34 heavy (non-hydrogen) atoms. The van der Waals surface area contributed by atoms with E-state index in [1.165, 1.54) is 27.7 Å². The van der Waals surface area contributed by atoms with Gasteiger partial charge in [0, 0.05) is 37.4 Å². The smallest absolute Gasteiger partial charge is 0.293 e. The summed E-state index contributed by atoms with van der Waals surface area (Å²) in [6, 6.07) is 15.4. The molecule has 0 aliphatic carbocycles. The lowest BCUT2D eigenvalue weighted by Crippen LogP contribution is -2.50. The van der Waals surface area contributed by atoms with Crippen molar-refractivity contribution >= 4 is 17.1 Å². The van der Waals surface area contributed by atoms with Gasteiger partial charge in [0.2, 0.25) is 5.91 Å². The standard InChI is InChI=1S/C24H23FN6O3/c1-34-20-8-2-17(3-9-20)21-14-22-24(33)30(26-16-31(22)27-21)15-23(32)29-12-10-28(11-13-29)19-6-4-18(25)5-7-19/h2-9,14,16H,10-13,15H2,1H3. The van der Waals surface area contributed by atoms with Gasteiger partial charge in [-0.25, -0.2) is 13.6 Å². The third kappa shape index (κ3) is 4.21. The molecule has 0 N–H and O–H groups in total. The summed E-state index contributed by atoms with van der Waals surface area (Å²) in [5.74, 6) is 0.280. The van der Waals surface area contributed by atoms with Crippen molar-refractivity contribution in [1.82, 2.24) is 24.3 Å². The van der Waals surface area contributed by atoms with Gasteiger partial charge in [-0.1, -0.05) is 0 Å². The molecule has 2 aromatic carbocycles. The van der Waals surface area contributed by atoms with Crippen LogP contribution in [0.4, 0.5) is 10.1 Å². The highest BCUT2D eigenvalue weighted by Gasteiger charge is 2.22. The molecule has 1 fully saturated rings. The van der Waals surface area contributed by atoms with Crippen LogP contribution in [0, 0.1) is 5.82 Å². The summed E-state index contributed by atoms with van der Waals surface area (Å²) >= 11 is 0. The Kier molecular flexibility index (Phi) is 5.70. The maximum absolute atomic E-state index is 13.2. The van der Waals surface area contributed by atoms with Gasteiger partial charge in [0.25, 0.3) is 5.56 Å². The predicted octanol–water partition coefficient (Wildman–Crippen LogP) is 2.05. The van der Waals surface area contributed by atoms with Crippen LogP contribution in [0.5, 0.6) is 5.75 Å². The Morgan fingerprint density at radius 3 is 2.41 bits per heavy atom. The monoisotopic (exact) mass is 462 g/mol. The molecule has 9 nitrogen and oxygen atoms in total. The number of rotatable bonds is 5. The van der Waals surface area contributed by atoms with Crippen LogP contribution in [0.2, 0.25) is 0 Å². The van der Waals surface area contributed by atoms with E-state index in [1.807, 2.05) is 24.3 Å². The van der Waals surface area contributed by atoms with Crippen molar-refractivity contribution in [2.45, 2.75) is 6.54 Å². The molecule has 10 heteroatoms.